The van der Waals surface area contributed by atoms with Crippen LogP contribution in [0.25, 0.3) is 0 Å². The predicted octanol–water partition coefficient (Wildman–Crippen LogP) is 3.31. The summed E-state index contributed by atoms with van der Waals surface area (Å²) in [5.74, 6) is -0.114. The minimum atomic E-state index is -0.532. The van der Waals surface area contributed by atoms with Crippen molar-refractivity contribution < 1.29 is 8.78 Å². The number of halogens is 2. The zero-order valence-electron chi connectivity index (χ0n) is 14.7. The molecule has 1 aliphatic heterocycles. The maximum atomic E-state index is 13.3. The molecule has 1 saturated heterocycles. The first-order chi connectivity index (χ1) is 12.6. The molecule has 0 spiro atoms. The van der Waals surface area contributed by atoms with Gasteiger partial charge in [0, 0.05) is 31.1 Å². The van der Waals surface area contributed by atoms with Crippen LogP contribution in [0.1, 0.15) is 42.9 Å². The second-order valence-corrected chi connectivity index (χ2v) is 7.55. The van der Waals surface area contributed by atoms with Crippen LogP contribution in [0.3, 0.4) is 0 Å². The number of nitrogens with zero attached hydrogens (tertiary/aromatic N) is 3. The fraction of sp³-hybridized carbons (Fsp3) is 0.500. The van der Waals surface area contributed by atoms with Gasteiger partial charge in [0.2, 0.25) is 0 Å². The third kappa shape index (κ3) is 4.18. The molecule has 0 bridgehead atoms. The molecule has 2 heterocycles. The van der Waals surface area contributed by atoms with E-state index in [1.54, 1.807) is 10.7 Å². The Balaban J connectivity index is 1.34. The number of hydrogen-bond donors (Lipinski definition) is 0. The molecular formula is C20H23F2N3O. The highest BCUT2D eigenvalue weighted by atomic mass is 19.1. The normalized spacial score (nSPS) is 19.0. The summed E-state index contributed by atoms with van der Waals surface area (Å²) in [6.07, 6.45) is 4.26. The zero-order chi connectivity index (χ0) is 18.1. The van der Waals surface area contributed by atoms with Crippen LogP contribution in [0.5, 0.6) is 0 Å². The molecule has 1 aromatic carbocycles. The summed E-state index contributed by atoms with van der Waals surface area (Å²) in [5.41, 5.74) is 1.67. The van der Waals surface area contributed by atoms with Crippen LogP contribution < -0.4 is 5.56 Å². The highest BCUT2D eigenvalue weighted by Crippen LogP contribution is 2.38. The fourth-order valence-electron chi connectivity index (χ4n) is 3.72. The van der Waals surface area contributed by atoms with E-state index >= 15 is 0 Å². The summed E-state index contributed by atoms with van der Waals surface area (Å²) < 4.78 is 28.3. The molecule has 26 heavy (non-hydrogen) atoms. The SMILES string of the molecule is O=c1ccc(C2CC2)nn1CC1CCN(Cc2cc(F)cc(F)c2)CC1. The lowest BCUT2D eigenvalue weighted by Crippen LogP contribution is -2.36. The number of hydrogen-bond acceptors (Lipinski definition) is 3. The average molecular weight is 359 g/mol. The quantitative estimate of drug-likeness (QED) is 0.822. The summed E-state index contributed by atoms with van der Waals surface area (Å²) in [5, 5.41) is 4.54. The van der Waals surface area contributed by atoms with E-state index in [0.717, 1.165) is 37.7 Å². The molecule has 6 heteroatoms. The number of aromatic nitrogens is 2. The first kappa shape index (κ1) is 17.3. The van der Waals surface area contributed by atoms with Gasteiger partial charge in [-0.05, 0) is 68.5 Å². The molecule has 0 atom stereocenters. The Bertz CT molecular complexity index is 819. The van der Waals surface area contributed by atoms with Crippen molar-refractivity contribution in [3.8, 4) is 0 Å². The Morgan fingerprint density at radius 2 is 1.69 bits per heavy atom. The molecule has 4 nitrogen and oxygen atoms in total. The smallest absolute Gasteiger partial charge is 0.266 e. The zero-order valence-corrected chi connectivity index (χ0v) is 14.7. The molecule has 0 N–H and O–H groups in total. The molecule has 0 radical (unpaired) electrons. The second-order valence-electron chi connectivity index (χ2n) is 7.55. The third-order valence-corrected chi connectivity index (χ3v) is 5.35. The van der Waals surface area contributed by atoms with Gasteiger partial charge in [-0.2, -0.15) is 5.10 Å². The summed E-state index contributed by atoms with van der Waals surface area (Å²) in [4.78, 5) is 14.3. The summed E-state index contributed by atoms with van der Waals surface area (Å²) in [7, 11) is 0. The Hall–Kier alpha value is -2.08. The molecule has 4 rings (SSSR count). The lowest BCUT2D eigenvalue weighted by molar-refractivity contribution is 0.163. The van der Waals surface area contributed by atoms with E-state index in [1.807, 2.05) is 6.07 Å². The monoisotopic (exact) mass is 359 g/mol. The van der Waals surface area contributed by atoms with Crippen LogP contribution in [-0.4, -0.2) is 27.8 Å². The molecular weight excluding hydrogens is 336 g/mol. The molecule has 2 fully saturated rings. The van der Waals surface area contributed by atoms with Gasteiger partial charge < -0.3 is 0 Å². The van der Waals surface area contributed by atoms with Crippen molar-refractivity contribution >= 4 is 0 Å². The van der Waals surface area contributed by atoms with Crippen LogP contribution in [0.2, 0.25) is 0 Å². The van der Waals surface area contributed by atoms with Crippen LogP contribution >= 0.6 is 0 Å². The second kappa shape index (κ2) is 7.27. The van der Waals surface area contributed by atoms with Gasteiger partial charge in [-0.3, -0.25) is 9.69 Å². The van der Waals surface area contributed by atoms with Crippen LogP contribution in [0.4, 0.5) is 8.78 Å². The Morgan fingerprint density at radius 3 is 2.35 bits per heavy atom. The maximum Gasteiger partial charge on any atom is 0.266 e. The molecule has 1 aromatic heterocycles. The molecule has 2 aromatic rings. The lowest BCUT2D eigenvalue weighted by Gasteiger charge is -2.32. The van der Waals surface area contributed by atoms with Gasteiger partial charge >= 0.3 is 0 Å². The van der Waals surface area contributed by atoms with Crippen molar-refractivity contribution in [1.82, 2.24) is 14.7 Å². The van der Waals surface area contributed by atoms with Gasteiger partial charge in [0.05, 0.1) is 5.69 Å². The van der Waals surface area contributed by atoms with Crippen LogP contribution in [0, 0.1) is 17.6 Å². The van der Waals surface area contributed by atoms with Gasteiger partial charge in [0.1, 0.15) is 11.6 Å². The van der Waals surface area contributed by atoms with Crippen molar-refractivity contribution in [2.45, 2.75) is 44.7 Å². The minimum absolute atomic E-state index is 0.0351. The van der Waals surface area contributed by atoms with Crippen molar-refractivity contribution in [2.75, 3.05) is 13.1 Å². The topological polar surface area (TPSA) is 38.1 Å². The Kier molecular flexibility index (Phi) is 4.85. The van der Waals surface area contributed by atoms with Gasteiger partial charge in [-0.25, -0.2) is 13.5 Å². The Morgan fingerprint density at radius 1 is 1.00 bits per heavy atom. The third-order valence-electron chi connectivity index (χ3n) is 5.35. The van der Waals surface area contributed by atoms with Crippen molar-refractivity contribution in [2.24, 2.45) is 5.92 Å². The van der Waals surface area contributed by atoms with Gasteiger partial charge in [0.15, 0.2) is 0 Å². The van der Waals surface area contributed by atoms with E-state index in [9.17, 15) is 13.6 Å². The molecule has 138 valence electrons. The van der Waals surface area contributed by atoms with Gasteiger partial charge in [-0.1, -0.05) is 0 Å². The fourth-order valence-corrected chi connectivity index (χ4v) is 3.72. The summed E-state index contributed by atoms with van der Waals surface area (Å²) in [6.45, 7) is 2.93. The van der Waals surface area contributed by atoms with E-state index in [2.05, 4.69) is 10.00 Å². The van der Waals surface area contributed by atoms with Crippen molar-refractivity contribution in [1.29, 1.82) is 0 Å². The average Bonchev–Trinajstić information content (AvgIpc) is 3.43. The molecule has 2 aliphatic rings. The molecule has 1 saturated carbocycles. The number of benzene rings is 1. The summed E-state index contributed by atoms with van der Waals surface area (Å²) in [6, 6.07) is 7.17. The highest BCUT2D eigenvalue weighted by molar-refractivity contribution is 5.18. The molecule has 1 aliphatic carbocycles. The van der Waals surface area contributed by atoms with Gasteiger partial charge in [0.25, 0.3) is 5.56 Å². The highest BCUT2D eigenvalue weighted by Gasteiger charge is 2.26. The summed E-state index contributed by atoms with van der Waals surface area (Å²) >= 11 is 0. The van der Waals surface area contributed by atoms with Crippen LogP contribution in [0.15, 0.2) is 35.1 Å². The van der Waals surface area contributed by atoms with Crippen molar-refractivity contribution in [3.63, 3.8) is 0 Å². The largest absolute Gasteiger partial charge is 0.299 e. The van der Waals surface area contributed by atoms with Crippen molar-refractivity contribution in [3.05, 3.63) is 63.6 Å². The van der Waals surface area contributed by atoms with E-state index in [4.69, 9.17) is 0 Å². The Labute approximate surface area is 151 Å². The number of rotatable bonds is 5. The minimum Gasteiger partial charge on any atom is -0.299 e. The van der Waals surface area contributed by atoms with Gasteiger partial charge in [-0.15, -0.1) is 0 Å². The number of piperidine rings is 1. The molecule has 0 unspecified atom stereocenters. The van der Waals surface area contributed by atoms with E-state index in [1.165, 1.54) is 25.0 Å². The van der Waals surface area contributed by atoms with Crippen LogP contribution in [-0.2, 0) is 13.1 Å². The standard InChI is InChI=1S/C20H23F2N3O/c21-17-9-15(10-18(22)11-17)12-24-7-5-14(6-8-24)13-25-20(26)4-3-19(23-25)16-1-2-16/h3-4,9-11,14,16H,1-2,5-8,12-13H2. The van der Waals surface area contributed by atoms with E-state index in [0.29, 0.717) is 30.5 Å². The lowest BCUT2D eigenvalue weighted by atomic mass is 9.96. The van der Waals surface area contributed by atoms with E-state index < -0.39 is 11.6 Å². The first-order valence-corrected chi connectivity index (χ1v) is 9.32. The number of likely N-dealkylation sites (tertiary alicyclic amines) is 1. The predicted molar refractivity (Wildman–Crippen MR) is 94.8 cm³/mol. The first-order valence-electron chi connectivity index (χ1n) is 9.32. The van der Waals surface area contributed by atoms with E-state index in [-0.39, 0.29) is 5.56 Å². The maximum absolute atomic E-state index is 13.3. The molecule has 0 amide bonds.